The van der Waals surface area contributed by atoms with E-state index >= 15 is 0 Å². The number of carboxylic acids is 1. The number of carbonyl (C=O) groups is 2. The van der Waals surface area contributed by atoms with Gasteiger partial charge in [0.1, 0.15) is 0 Å². The maximum Gasteiger partial charge on any atom is 0.416 e. The number of carbonyl (C=O) groups excluding carboxylic acids is 1. The second-order valence-electron chi connectivity index (χ2n) is 4.41. The molecule has 0 bridgehead atoms. The van der Waals surface area contributed by atoms with Crippen molar-refractivity contribution in [3.05, 3.63) is 35.4 Å². The molecular weight excluding hydrogens is 261 g/mol. The fourth-order valence-corrected chi connectivity index (χ4v) is 1.67. The Hall–Kier alpha value is -1.85. The van der Waals surface area contributed by atoms with E-state index in [1.165, 1.54) is 6.07 Å². The molecular formula is C13H13F3O3. The lowest BCUT2D eigenvalue weighted by molar-refractivity contribution is -0.138. The van der Waals surface area contributed by atoms with Gasteiger partial charge in [0.25, 0.3) is 0 Å². The van der Waals surface area contributed by atoms with Gasteiger partial charge in [0.15, 0.2) is 5.78 Å². The predicted octanol–water partition coefficient (Wildman–Crippen LogP) is 3.39. The average Bonchev–Trinajstić information content (AvgIpc) is 2.26. The van der Waals surface area contributed by atoms with Crippen molar-refractivity contribution in [2.75, 3.05) is 0 Å². The molecule has 0 aliphatic rings. The summed E-state index contributed by atoms with van der Waals surface area (Å²) in [6, 6.07) is 4.14. The maximum atomic E-state index is 12.5. The fraction of sp³-hybridized carbons (Fsp3) is 0.385. The Morgan fingerprint density at radius 2 is 1.89 bits per heavy atom. The molecule has 19 heavy (non-hydrogen) atoms. The molecule has 0 aliphatic carbocycles. The van der Waals surface area contributed by atoms with E-state index in [9.17, 15) is 22.8 Å². The monoisotopic (exact) mass is 274 g/mol. The Morgan fingerprint density at radius 3 is 2.42 bits per heavy atom. The summed E-state index contributed by atoms with van der Waals surface area (Å²) in [5.74, 6) is -1.94. The minimum Gasteiger partial charge on any atom is -0.481 e. The van der Waals surface area contributed by atoms with Crippen LogP contribution in [-0.4, -0.2) is 16.9 Å². The minimum absolute atomic E-state index is 0.0490. The van der Waals surface area contributed by atoms with Crippen LogP contribution in [-0.2, 0) is 11.0 Å². The average molecular weight is 274 g/mol. The number of benzene rings is 1. The number of halogens is 3. The van der Waals surface area contributed by atoms with Gasteiger partial charge in [-0.1, -0.05) is 19.1 Å². The molecule has 0 aromatic heterocycles. The van der Waals surface area contributed by atoms with Gasteiger partial charge in [-0.15, -0.1) is 0 Å². The number of Topliss-reactive ketones (excluding diaryl/α,β-unsaturated/α-hetero) is 1. The second-order valence-corrected chi connectivity index (χ2v) is 4.41. The van der Waals surface area contributed by atoms with Gasteiger partial charge in [-0.3, -0.25) is 9.59 Å². The quantitative estimate of drug-likeness (QED) is 0.837. The molecule has 6 heteroatoms. The topological polar surface area (TPSA) is 54.4 Å². The van der Waals surface area contributed by atoms with E-state index < -0.39 is 29.4 Å². The number of rotatable bonds is 5. The van der Waals surface area contributed by atoms with Gasteiger partial charge in [-0.2, -0.15) is 13.2 Å². The van der Waals surface area contributed by atoms with E-state index in [2.05, 4.69) is 0 Å². The van der Waals surface area contributed by atoms with Gasteiger partial charge < -0.3 is 5.11 Å². The first-order chi connectivity index (χ1) is 8.70. The summed E-state index contributed by atoms with van der Waals surface area (Å²) in [6.07, 6.45) is -4.78. The van der Waals surface area contributed by atoms with Crippen LogP contribution in [0.3, 0.4) is 0 Å². The van der Waals surface area contributed by atoms with E-state index in [1.807, 2.05) is 0 Å². The van der Waals surface area contributed by atoms with E-state index in [0.29, 0.717) is 0 Å². The lowest BCUT2D eigenvalue weighted by atomic mass is 9.96. The van der Waals surface area contributed by atoms with E-state index in [4.69, 9.17) is 5.11 Å². The van der Waals surface area contributed by atoms with Crippen molar-refractivity contribution in [2.24, 2.45) is 5.92 Å². The first-order valence-electron chi connectivity index (χ1n) is 5.62. The third-order valence-corrected chi connectivity index (χ3v) is 2.57. The van der Waals surface area contributed by atoms with Gasteiger partial charge in [0, 0.05) is 18.4 Å². The van der Waals surface area contributed by atoms with Crippen molar-refractivity contribution in [3.63, 3.8) is 0 Å². The molecule has 1 unspecified atom stereocenters. The molecule has 0 amide bonds. The molecule has 0 heterocycles. The van der Waals surface area contributed by atoms with E-state index in [-0.39, 0.29) is 18.4 Å². The van der Waals surface area contributed by atoms with E-state index in [0.717, 1.165) is 18.2 Å². The third kappa shape index (κ3) is 4.73. The van der Waals surface area contributed by atoms with Crippen LogP contribution in [0.15, 0.2) is 24.3 Å². The van der Waals surface area contributed by atoms with Crippen LogP contribution in [0.1, 0.15) is 35.7 Å². The first kappa shape index (κ1) is 15.2. The van der Waals surface area contributed by atoms with Crippen LogP contribution in [0.4, 0.5) is 13.2 Å². The van der Waals surface area contributed by atoms with Crippen LogP contribution in [0.2, 0.25) is 0 Å². The molecule has 1 aromatic carbocycles. The minimum atomic E-state index is -4.50. The highest BCUT2D eigenvalue weighted by atomic mass is 19.4. The Morgan fingerprint density at radius 1 is 1.26 bits per heavy atom. The largest absolute Gasteiger partial charge is 0.481 e. The fourth-order valence-electron chi connectivity index (χ4n) is 1.67. The van der Waals surface area contributed by atoms with Crippen molar-refractivity contribution in [1.29, 1.82) is 0 Å². The van der Waals surface area contributed by atoms with E-state index in [1.54, 1.807) is 6.92 Å². The smallest absolute Gasteiger partial charge is 0.416 e. The zero-order chi connectivity index (χ0) is 14.6. The molecule has 1 aromatic rings. The Kier molecular flexibility index (Phi) is 4.69. The molecule has 104 valence electrons. The van der Waals surface area contributed by atoms with Gasteiger partial charge in [-0.25, -0.2) is 0 Å². The predicted molar refractivity (Wildman–Crippen MR) is 61.8 cm³/mol. The van der Waals surface area contributed by atoms with Crippen LogP contribution in [0.5, 0.6) is 0 Å². The highest BCUT2D eigenvalue weighted by Gasteiger charge is 2.30. The van der Waals surface area contributed by atoms with Crippen molar-refractivity contribution in [2.45, 2.75) is 25.9 Å². The van der Waals surface area contributed by atoms with Crippen molar-refractivity contribution >= 4 is 11.8 Å². The lowest BCUT2D eigenvalue weighted by Crippen LogP contribution is -2.12. The van der Waals surface area contributed by atoms with Crippen LogP contribution in [0, 0.1) is 5.92 Å². The third-order valence-electron chi connectivity index (χ3n) is 2.57. The molecule has 1 atom stereocenters. The molecule has 0 saturated heterocycles. The maximum absolute atomic E-state index is 12.5. The van der Waals surface area contributed by atoms with Gasteiger partial charge in [-0.05, 0) is 18.1 Å². The second kappa shape index (κ2) is 5.86. The molecule has 1 N–H and O–H groups in total. The van der Waals surface area contributed by atoms with Crippen LogP contribution >= 0.6 is 0 Å². The number of aliphatic carboxylic acids is 1. The zero-order valence-electron chi connectivity index (χ0n) is 10.2. The number of hydrogen-bond donors (Lipinski definition) is 1. The zero-order valence-corrected chi connectivity index (χ0v) is 10.2. The molecule has 0 aliphatic heterocycles. The molecule has 0 radical (unpaired) electrons. The Bertz CT molecular complexity index is 480. The molecule has 3 nitrogen and oxygen atoms in total. The molecule has 0 fully saturated rings. The summed E-state index contributed by atoms with van der Waals surface area (Å²) in [4.78, 5) is 22.2. The number of ketones is 1. The summed E-state index contributed by atoms with van der Waals surface area (Å²) in [5, 5.41) is 8.56. The van der Waals surface area contributed by atoms with Crippen molar-refractivity contribution in [3.8, 4) is 0 Å². The Labute approximate surface area is 108 Å². The Balaban J connectivity index is 2.80. The van der Waals surface area contributed by atoms with Crippen LogP contribution < -0.4 is 0 Å². The molecule has 0 spiro atoms. The lowest BCUT2D eigenvalue weighted by Gasteiger charge is -2.10. The number of carboxylic acid groups (broad SMARTS) is 1. The normalized spacial score (nSPS) is 13.1. The number of alkyl halides is 3. The highest BCUT2D eigenvalue weighted by Crippen LogP contribution is 2.30. The van der Waals surface area contributed by atoms with Crippen molar-refractivity contribution < 1.29 is 27.9 Å². The first-order valence-corrected chi connectivity index (χ1v) is 5.62. The highest BCUT2D eigenvalue weighted by molar-refractivity contribution is 5.96. The van der Waals surface area contributed by atoms with Gasteiger partial charge in [0.2, 0.25) is 0 Å². The molecule has 0 saturated carbocycles. The summed E-state index contributed by atoms with van der Waals surface area (Å²) >= 11 is 0. The standard InChI is InChI=1S/C13H13F3O3/c1-8(6-12(18)19)5-11(17)9-3-2-4-10(7-9)13(14,15)16/h2-4,7-8H,5-6H2,1H3,(H,18,19). The SMILES string of the molecule is CC(CC(=O)O)CC(=O)c1cccc(C(F)(F)F)c1. The number of hydrogen-bond acceptors (Lipinski definition) is 2. The van der Waals surface area contributed by atoms with Gasteiger partial charge >= 0.3 is 12.1 Å². The van der Waals surface area contributed by atoms with Gasteiger partial charge in [0.05, 0.1) is 5.56 Å². The summed E-state index contributed by atoms with van der Waals surface area (Å²) in [7, 11) is 0. The van der Waals surface area contributed by atoms with Crippen LogP contribution in [0.25, 0.3) is 0 Å². The summed E-state index contributed by atoms with van der Waals surface area (Å²) < 4.78 is 37.4. The summed E-state index contributed by atoms with van der Waals surface area (Å²) in [5.41, 5.74) is -0.934. The van der Waals surface area contributed by atoms with Crippen molar-refractivity contribution in [1.82, 2.24) is 0 Å². The molecule has 1 rings (SSSR count). The summed E-state index contributed by atoms with van der Waals surface area (Å²) in [6.45, 7) is 1.57.